The number of halogens is 1. The monoisotopic (exact) mass is 605 g/mol. The van der Waals surface area contributed by atoms with E-state index in [1.165, 1.54) is 20.8 Å². The molecule has 1 saturated carbocycles. The molecule has 0 amide bonds. The molecule has 0 radical (unpaired) electrons. The zero-order valence-corrected chi connectivity index (χ0v) is 24.7. The number of imidazole rings is 1. The van der Waals surface area contributed by atoms with Crippen LogP contribution in [0.2, 0.25) is 5.28 Å². The maximum atomic E-state index is 12.1. The lowest BCUT2D eigenvalue weighted by atomic mass is 9.91. The van der Waals surface area contributed by atoms with Crippen LogP contribution in [0.5, 0.6) is 0 Å². The molecular weight excluding hydrogens is 574 g/mol. The first-order chi connectivity index (χ1) is 20.7. The first kappa shape index (κ1) is 30.0. The van der Waals surface area contributed by atoms with E-state index >= 15 is 0 Å². The Morgan fingerprint density at radius 2 is 1.51 bits per heavy atom. The van der Waals surface area contributed by atoms with E-state index in [1.54, 1.807) is 10.9 Å². The van der Waals surface area contributed by atoms with Crippen LogP contribution >= 0.6 is 11.6 Å². The van der Waals surface area contributed by atoms with Gasteiger partial charge in [-0.3, -0.25) is 14.4 Å². The number of rotatable bonds is 10. The van der Waals surface area contributed by atoms with Gasteiger partial charge in [0.15, 0.2) is 23.1 Å². The average molecular weight is 606 g/mol. The minimum atomic E-state index is -0.884. The Labute approximate surface area is 253 Å². The number of anilines is 1. The van der Waals surface area contributed by atoms with Crippen molar-refractivity contribution in [1.82, 2.24) is 19.5 Å². The van der Waals surface area contributed by atoms with Gasteiger partial charge in [-0.2, -0.15) is 9.97 Å². The second-order valence-corrected chi connectivity index (χ2v) is 10.8. The third-order valence-electron chi connectivity index (χ3n) is 7.45. The molecule has 2 aromatic carbocycles. The van der Waals surface area contributed by atoms with Gasteiger partial charge >= 0.3 is 17.9 Å². The van der Waals surface area contributed by atoms with E-state index < -0.39 is 42.1 Å². The summed E-state index contributed by atoms with van der Waals surface area (Å²) in [6, 6.07) is 19.8. The zero-order chi connectivity index (χ0) is 30.5. The molecule has 1 N–H and O–H groups in total. The molecule has 12 heteroatoms. The third-order valence-corrected chi connectivity index (χ3v) is 7.61. The van der Waals surface area contributed by atoms with Crippen molar-refractivity contribution >= 4 is 46.5 Å². The number of aromatic nitrogens is 4. The molecule has 43 heavy (non-hydrogen) atoms. The van der Waals surface area contributed by atoms with Gasteiger partial charge in [-0.1, -0.05) is 60.7 Å². The zero-order valence-electron chi connectivity index (χ0n) is 24.0. The third kappa shape index (κ3) is 6.94. The lowest BCUT2D eigenvalue weighted by Crippen LogP contribution is -2.38. The van der Waals surface area contributed by atoms with E-state index in [-0.39, 0.29) is 17.8 Å². The molecule has 5 rings (SSSR count). The number of carbonyl (C=O) groups excluding carboxylic acids is 3. The molecule has 11 nitrogen and oxygen atoms in total. The van der Waals surface area contributed by atoms with Crippen molar-refractivity contribution in [3.63, 3.8) is 0 Å². The number of ether oxygens (including phenoxy) is 3. The lowest BCUT2D eigenvalue weighted by molar-refractivity contribution is -0.168. The van der Waals surface area contributed by atoms with E-state index in [1.807, 2.05) is 36.4 Å². The summed E-state index contributed by atoms with van der Waals surface area (Å²) in [7, 11) is 0. The normalized spacial score (nSPS) is 19.7. The number of hydrogen-bond donors (Lipinski definition) is 1. The van der Waals surface area contributed by atoms with E-state index in [4.69, 9.17) is 25.8 Å². The van der Waals surface area contributed by atoms with E-state index in [9.17, 15) is 14.4 Å². The van der Waals surface area contributed by atoms with Crippen LogP contribution in [0.1, 0.15) is 50.3 Å². The Hall–Kier alpha value is -4.51. The van der Waals surface area contributed by atoms with Crippen LogP contribution in [0.25, 0.3) is 11.2 Å². The highest BCUT2D eigenvalue weighted by molar-refractivity contribution is 6.28. The molecule has 224 valence electrons. The Kier molecular flexibility index (Phi) is 9.20. The summed E-state index contributed by atoms with van der Waals surface area (Å²) in [4.78, 5) is 49.2. The number of fused-ring (bicyclic) bond motifs is 1. The summed E-state index contributed by atoms with van der Waals surface area (Å²) >= 11 is 6.42. The van der Waals surface area contributed by atoms with Gasteiger partial charge in [0.1, 0.15) is 6.10 Å². The fourth-order valence-corrected chi connectivity index (χ4v) is 5.83. The summed E-state index contributed by atoms with van der Waals surface area (Å²) in [5.41, 5.74) is 3.15. The molecule has 0 aliphatic heterocycles. The lowest BCUT2D eigenvalue weighted by Gasteiger charge is -2.26. The molecular formula is C31H32ClN5O6. The van der Waals surface area contributed by atoms with E-state index in [2.05, 4.69) is 44.5 Å². The summed E-state index contributed by atoms with van der Waals surface area (Å²) in [6.45, 7) is 4.34. The number of carbonyl (C=O) groups is 3. The van der Waals surface area contributed by atoms with Crippen molar-refractivity contribution < 1.29 is 28.6 Å². The molecule has 2 aromatic heterocycles. The Balaban J connectivity index is 1.49. The van der Waals surface area contributed by atoms with Crippen LogP contribution in [0.15, 0.2) is 67.0 Å². The van der Waals surface area contributed by atoms with Crippen LogP contribution in [0.4, 0.5) is 5.82 Å². The molecule has 0 unspecified atom stereocenters. The van der Waals surface area contributed by atoms with Crippen LogP contribution in [0.3, 0.4) is 0 Å². The fourth-order valence-electron chi connectivity index (χ4n) is 5.67. The number of hydrogen-bond acceptors (Lipinski definition) is 10. The highest BCUT2D eigenvalue weighted by atomic mass is 35.5. The van der Waals surface area contributed by atoms with Crippen molar-refractivity contribution in [2.75, 3.05) is 18.5 Å². The van der Waals surface area contributed by atoms with Crippen molar-refractivity contribution in [1.29, 1.82) is 0 Å². The Bertz CT molecular complexity index is 1560. The summed E-state index contributed by atoms with van der Waals surface area (Å²) in [6.07, 6.45) is 0.191. The number of nitrogens with zero attached hydrogens (tertiary/aromatic N) is 4. The van der Waals surface area contributed by atoms with Gasteiger partial charge in [-0.25, -0.2) is 4.98 Å². The van der Waals surface area contributed by atoms with Gasteiger partial charge in [0.2, 0.25) is 5.28 Å². The predicted octanol–water partition coefficient (Wildman–Crippen LogP) is 4.71. The van der Waals surface area contributed by atoms with E-state index in [0.29, 0.717) is 29.9 Å². The average Bonchev–Trinajstić information content (AvgIpc) is 3.53. The molecule has 4 aromatic rings. The summed E-state index contributed by atoms with van der Waals surface area (Å²) < 4.78 is 18.3. The van der Waals surface area contributed by atoms with Crippen LogP contribution < -0.4 is 5.32 Å². The van der Waals surface area contributed by atoms with Crippen molar-refractivity contribution in [2.45, 2.75) is 51.4 Å². The van der Waals surface area contributed by atoms with Crippen LogP contribution in [-0.4, -0.2) is 62.8 Å². The van der Waals surface area contributed by atoms with Gasteiger partial charge in [-0.05, 0) is 29.1 Å². The summed E-state index contributed by atoms with van der Waals surface area (Å²) in [5.74, 6) is -1.54. The minimum Gasteiger partial charge on any atom is -0.465 e. The van der Waals surface area contributed by atoms with Gasteiger partial charge in [0, 0.05) is 39.2 Å². The number of nitrogens with one attached hydrogen (secondary N) is 1. The predicted molar refractivity (Wildman–Crippen MR) is 158 cm³/mol. The SMILES string of the molecule is CC(=O)OC[C@H]1C[C@@H](n2cnc3c(NCC(c4ccccc4)c4ccccc4)nc(Cl)nc32)[C@H](OC(C)=O)[C@@H]1OC(C)=O. The maximum absolute atomic E-state index is 12.1. The maximum Gasteiger partial charge on any atom is 0.303 e. The molecule has 0 bridgehead atoms. The fraction of sp³-hybridized carbons (Fsp3) is 0.355. The van der Waals surface area contributed by atoms with Crippen molar-refractivity contribution in [3.8, 4) is 0 Å². The molecule has 0 spiro atoms. The molecule has 4 atom stereocenters. The number of benzene rings is 2. The van der Waals surface area contributed by atoms with E-state index in [0.717, 1.165) is 11.1 Å². The topological polar surface area (TPSA) is 135 Å². The Morgan fingerprint density at radius 3 is 2.09 bits per heavy atom. The second-order valence-electron chi connectivity index (χ2n) is 10.4. The standard InChI is InChI=1S/C31H32ClN5O6/c1-18(38)41-16-23-14-25(28(43-20(3)40)27(23)42-19(2)39)37-17-34-26-29(35-31(32)36-30(26)37)33-15-24(21-10-6-4-7-11-21)22-12-8-5-9-13-22/h4-13,17,23-25,27-28H,14-16H2,1-3H3,(H,33,35,36)/t23-,25-,27-,28+/m1/s1. The highest BCUT2D eigenvalue weighted by Gasteiger charge is 2.49. The van der Waals surface area contributed by atoms with Gasteiger partial charge < -0.3 is 24.1 Å². The van der Waals surface area contributed by atoms with Crippen LogP contribution in [0, 0.1) is 5.92 Å². The molecule has 1 aliphatic carbocycles. The number of esters is 3. The van der Waals surface area contributed by atoms with Crippen LogP contribution in [-0.2, 0) is 28.6 Å². The van der Waals surface area contributed by atoms with Crippen molar-refractivity contribution in [3.05, 3.63) is 83.4 Å². The first-order valence-electron chi connectivity index (χ1n) is 13.9. The second kappa shape index (κ2) is 13.2. The molecule has 1 fully saturated rings. The van der Waals surface area contributed by atoms with Gasteiger partial charge in [0.25, 0.3) is 0 Å². The quantitative estimate of drug-likeness (QED) is 0.154. The largest absolute Gasteiger partial charge is 0.465 e. The molecule has 0 saturated heterocycles. The smallest absolute Gasteiger partial charge is 0.303 e. The van der Waals surface area contributed by atoms with Gasteiger partial charge in [-0.15, -0.1) is 0 Å². The highest BCUT2D eigenvalue weighted by Crippen LogP contribution is 2.41. The molecule has 1 aliphatic rings. The summed E-state index contributed by atoms with van der Waals surface area (Å²) in [5, 5.41) is 3.43. The minimum absolute atomic E-state index is 0.00255. The van der Waals surface area contributed by atoms with Gasteiger partial charge in [0.05, 0.1) is 19.0 Å². The first-order valence-corrected chi connectivity index (χ1v) is 14.3. The van der Waals surface area contributed by atoms with Crippen molar-refractivity contribution in [2.24, 2.45) is 5.92 Å². The molecule has 2 heterocycles. The Morgan fingerprint density at radius 1 is 0.907 bits per heavy atom.